The molecule has 78 valence electrons. The van der Waals surface area contributed by atoms with Crippen molar-refractivity contribution in [2.45, 2.75) is 13.0 Å². The van der Waals surface area contributed by atoms with Gasteiger partial charge in [0.15, 0.2) is 0 Å². The number of anilines is 1. The van der Waals surface area contributed by atoms with Crippen LogP contribution in [-0.2, 0) is 4.74 Å². The van der Waals surface area contributed by atoms with E-state index in [0.29, 0.717) is 13.2 Å². The van der Waals surface area contributed by atoms with Crippen LogP contribution in [0.25, 0.3) is 0 Å². The molecule has 0 aliphatic rings. The number of rotatable bonds is 5. The fourth-order valence-corrected chi connectivity index (χ4v) is 1.11. The first-order valence-electron chi connectivity index (χ1n) is 4.51. The van der Waals surface area contributed by atoms with E-state index in [1.807, 2.05) is 13.0 Å². The highest BCUT2D eigenvalue weighted by Crippen LogP contribution is 2.04. The lowest BCUT2D eigenvalue weighted by atomic mass is 10.3. The van der Waals surface area contributed by atoms with E-state index >= 15 is 0 Å². The van der Waals surface area contributed by atoms with Crippen molar-refractivity contribution < 1.29 is 4.74 Å². The Kier molecular flexibility index (Phi) is 4.28. The van der Waals surface area contributed by atoms with Gasteiger partial charge in [-0.2, -0.15) is 5.10 Å². The molecule has 3 N–H and O–H groups in total. The highest BCUT2D eigenvalue weighted by atomic mass is 16.5. The van der Waals surface area contributed by atoms with Crippen LogP contribution >= 0.6 is 0 Å². The lowest BCUT2D eigenvalue weighted by Crippen LogP contribution is -2.33. The van der Waals surface area contributed by atoms with E-state index in [4.69, 9.17) is 10.5 Å². The number of ether oxygens (including phenoxy) is 1. The lowest BCUT2D eigenvalue weighted by Gasteiger charge is -2.15. The Morgan fingerprint density at radius 3 is 3.00 bits per heavy atom. The first-order valence-corrected chi connectivity index (χ1v) is 4.51. The van der Waals surface area contributed by atoms with Crippen LogP contribution in [0.15, 0.2) is 12.3 Å². The van der Waals surface area contributed by atoms with E-state index in [9.17, 15) is 0 Å². The molecule has 5 nitrogen and oxygen atoms in total. The fourth-order valence-electron chi connectivity index (χ4n) is 1.11. The van der Waals surface area contributed by atoms with Crippen molar-refractivity contribution in [1.82, 2.24) is 10.2 Å². The minimum absolute atomic E-state index is 0.0797. The topological polar surface area (TPSA) is 73.1 Å². The summed E-state index contributed by atoms with van der Waals surface area (Å²) in [7, 11) is 1.65. The summed E-state index contributed by atoms with van der Waals surface area (Å²) in [6.07, 6.45) is 1.71. The zero-order chi connectivity index (χ0) is 10.4. The van der Waals surface area contributed by atoms with Gasteiger partial charge >= 0.3 is 0 Å². The molecule has 1 heterocycles. The number of nitrogens with two attached hydrogens (primary N) is 1. The quantitative estimate of drug-likeness (QED) is 0.702. The first-order chi connectivity index (χ1) is 6.76. The molecule has 1 aromatic heterocycles. The van der Waals surface area contributed by atoms with Crippen LogP contribution in [0.1, 0.15) is 5.56 Å². The third-order valence-corrected chi connectivity index (χ3v) is 1.80. The molecule has 1 unspecified atom stereocenters. The average Bonchev–Trinajstić information content (AvgIpc) is 2.17. The Hall–Kier alpha value is -1.20. The number of aromatic nitrogens is 2. The van der Waals surface area contributed by atoms with Crippen molar-refractivity contribution in [1.29, 1.82) is 0 Å². The molecule has 14 heavy (non-hydrogen) atoms. The van der Waals surface area contributed by atoms with Gasteiger partial charge in [0.25, 0.3) is 0 Å². The Bertz CT molecular complexity index is 279. The lowest BCUT2D eigenvalue weighted by molar-refractivity contribution is 0.187. The van der Waals surface area contributed by atoms with Crippen LogP contribution in [-0.4, -0.2) is 36.5 Å². The van der Waals surface area contributed by atoms with Crippen LogP contribution in [0.5, 0.6) is 0 Å². The van der Waals surface area contributed by atoms with Crippen LogP contribution in [0.2, 0.25) is 0 Å². The Morgan fingerprint density at radius 2 is 2.43 bits per heavy atom. The van der Waals surface area contributed by atoms with Gasteiger partial charge in [0.05, 0.1) is 18.8 Å². The smallest absolute Gasteiger partial charge is 0.149 e. The number of nitrogens with zero attached hydrogens (tertiary/aromatic N) is 2. The van der Waals surface area contributed by atoms with Gasteiger partial charge < -0.3 is 15.8 Å². The minimum Gasteiger partial charge on any atom is -0.383 e. The molecular formula is C9H16N4O. The van der Waals surface area contributed by atoms with Crippen molar-refractivity contribution in [2.75, 3.05) is 25.6 Å². The van der Waals surface area contributed by atoms with E-state index in [1.54, 1.807) is 13.3 Å². The summed E-state index contributed by atoms with van der Waals surface area (Å²) in [5.74, 6) is 0.734. The van der Waals surface area contributed by atoms with E-state index < -0.39 is 0 Å². The van der Waals surface area contributed by atoms with Crippen LogP contribution in [0.4, 0.5) is 5.82 Å². The summed E-state index contributed by atoms with van der Waals surface area (Å²) in [4.78, 5) is 0. The maximum absolute atomic E-state index is 5.55. The molecule has 0 spiro atoms. The maximum atomic E-state index is 5.55. The van der Waals surface area contributed by atoms with Crippen molar-refractivity contribution >= 4 is 5.82 Å². The molecular weight excluding hydrogens is 180 g/mol. The van der Waals surface area contributed by atoms with Gasteiger partial charge in [-0.3, -0.25) is 0 Å². The van der Waals surface area contributed by atoms with Crippen molar-refractivity contribution in [2.24, 2.45) is 5.73 Å². The summed E-state index contributed by atoms with van der Waals surface area (Å²) in [6, 6.07) is 2.00. The van der Waals surface area contributed by atoms with Crippen LogP contribution < -0.4 is 11.1 Å². The molecule has 0 aromatic carbocycles. The Balaban J connectivity index is 2.57. The number of methoxy groups -OCH3 is 1. The van der Waals surface area contributed by atoms with E-state index in [0.717, 1.165) is 11.4 Å². The minimum atomic E-state index is 0.0797. The number of hydrogen-bond donors (Lipinski definition) is 2. The summed E-state index contributed by atoms with van der Waals surface area (Å²) < 4.78 is 5.01. The molecule has 1 atom stereocenters. The summed E-state index contributed by atoms with van der Waals surface area (Å²) in [5.41, 5.74) is 6.62. The van der Waals surface area contributed by atoms with Crippen LogP contribution in [0, 0.1) is 6.92 Å². The van der Waals surface area contributed by atoms with Gasteiger partial charge in [0.2, 0.25) is 0 Å². The molecule has 0 fully saturated rings. The number of hydrogen-bond acceptors (Lipinski definition) is 5. The molecule has 0 radical (unpaired) electrons. The van der Waals surface area contributed by atoms with E-state index in [1.165, 1.54) is 0 Å². The standard InChI is InChI=1S/C9H16N4O/c1-7-3-9(13-11-5-7)12-8(4-10)6-14-2/h3,5,8H,4,6,10H2,1-2H3,(H,12,13). The molecule has 5 heteroatoms. The third-order valence-electron chi connectivity index (χ3n) is 1.80. The van der Waals surface area contributed by atoms with E-state index in [-0.39, 0.29) is 6.04 Å². The molecule has 0 aliphatic carbocycles. The molecule has 0 saturated carbocycles. The molecule has 0 amide bonds. The Morgan fingerprint density at radius 1 is 1.64 bits per heavy atom. The predicted molar refractivity (Wildman–Crippen MR) is 55.1 cm³/mol. The normalized spacial score (nSPS) is 12.5. The molecule has 0 bridgehead atoms. The fraction of sp³-hybridized carbons (Fsp3) is 0.556. The monoisotopic (exact) mass is 196 g/mol. The molecule has 1 rings (SSSR count). The van der Waals surface area contributed by atoms with Crippen molar-refractivity contribution in [3.63, 3.8) is 0 Å². The Labute approximate surface area is 83.7 Å². The number of nitrogens with one attached hydrogen (secondary N) is 1. The van der Waals surface area contributed by atoms with Gasteiger partial charge in [-0.15, -0.1) is 5.10 Å². The van der Waals surface area contributed by atoms with Gasteiger partial charge in [0, 0.05) is 13.7 Å². The molecule has 1 aromatic rings. The highest BCUT2D eigenvalue weighted by molar-refractivity contribution is 5.36. The average molecular weight is 196 g/mol. The second-order valence-electron chi connectivity index (χ2n) is 3.15. The third kappa shape index (κ3) is 3.27. The summed E-state index contributed by atoms with van der Waals surface area (Å²) >= 11 is 0. The van der Waals surface area contributed by atoms with Crippen molar-refractivity contribution in [3.05, 3.63) is 17.8 Å². The zero-order valence-electron chi connectivity index (χ0n) is 8.53. The van der Waals surface area contributed by atoms with E-state index in [2.05, 4.69) is 15.5 Å². The SMILES string of the molecule is COCC(CN)Nc1cc(C)cnn1. The summed E-state index contributed by atoms with van der Waals surface area (Å²) in [6.45, 7) is 3.03. The summed E-state index contributed by atoms with van der Waals surface area (Å²) in [5, 5.41) is 10.9. The maximum Gasteiger partial charge on any atom is 0.149 e. The number of aryl methyl sites for hydroxylation is 1. The second kappa shape index (κ2) is 5.51. The second-order valence-corrected chi connectivity index (χ2v) is 3.15. The molecule has 0 saturated heterocycles. The highest BCUT2D eigenvalue weighted by Gasteiger charge is 2.06. The molecule has 0 aliphatic heterocycles. The van der Waals surface area contributed by atoms with Gasteiger partial charge in [-0.05, 0) is 18.6 Å². The van der Waals surface area contributed by atoms with Gasteiger partial charge in [-0.25, -0.2) is 0 Å². The van der Waals surface area contributed by atoms with Gasteiger partial charge in [-0.1, -0.05) is 0 Å². The zero-order valence-corrected chi connectivity index (χ0v) is 8.53. The van der Waals surface area contributed by atoms with Gasteiger partial charge in [0.1, 0.15) is 5.82 Å². The largest absolute Gasteiger partial charge is 0.383 e. The first kappa shape index (κ1) is 10.9. The van der Waals surface area contributed by atoms with Crippen LogP contribution in [0.3, 0.4) is 0 Å². The predicted octanol–water partition coefficient (Wildman–Crippen LogP) is 0.171. The van der Waals surface area contributed by atoms with Crippen molar-refractivity contribution in [3.8, 4) is 0 Å².